The van der Waals surface area contributed by atoms with E-state index in [0.717, 1.165) is 44.9 Å². The number of hydrogen-bond donors (Lipinski definition) is 0. The minimum Gasteiger partial charge on any atom is -0.309 e. The van der Waals surface area contributed by atoms with Gasteiger partial charge >= 0.3 is 0 Å². The highest BCUT2D eigenvalue weighted by Gasteiger charge is 2.21. The summed E-state index contributed by atoms with van der Waals surface area (Å²) < 4.78 is 4.79. The Morgan fingerprint density at radius 1 is 0.327 bits per heavy atom. The van der Waals surface area contributed by atoms with Gasteiger partial charge in [-0.3, -0.25) is 0 Å². The van der Waals surface area contributed by atoms with E-state index in [9.17, 15) is 0 Å². The van der Waals surface area contributed by atoms with Gasteiger partial charge in [0.25, 0.3) is 0 Å². The lowest BCUT2D eigenvalue weighted by Gasteiger charge is -2.13. The molecule has 0 fully saturated rings. The van der Waals surface area contributed by atoms with E-state index in [-0.39, 0.29) is 0 Å². The van der Waals surface area contributed by atoms with Crippen LogP contribution in [0.15, 0.2) is 182 Å². The van der Waals surface area contributed by atoms with Gasteiger partial charge in [-0.05, 0) is 77.5 Å². The van der Waals surface area contributed by atoms with E-state index >= 15 is 0 Å². The van der Waals surface area contributed by atoms with E-state index in [1.807, 2.05) is 24.3 Å². The molecule has 0 unspecified atom stereocenters. The Hall–Kier alpha value is -7.04. The van der Waals surface area contributed by atoms with Gasteiger partial charge < -0.3 is 9.13 Å². The molecule has 0 amide bonds. The van der Waals surface area contributed by atoms with Crippen LogP contribution in [0.2, 0.25) is 0 Å². The molecule has 4 heteroatoms. The van der Waals surface area contributed by atoms with Crippen molar-refractivity contribution in [2.75, 3.05) is 0 Å². The predicted octanol–water partition coefficient (Wildman–Crippen LogP) is 12.3. The van der Waals surface area contributed by atoms with Gasteiger partial charge in [0.1, 0.15) is 0 Å². The van der Waals surface area contributed by atoms with Crippen LogP contribution in [0.25, 0.3) is 99.3 Å². The highest BCUT2D eigenvalue weighted by Crippen LogP contribution is 2.42. The predicted molar refractivity (Wildman–Crippen MR) is 217 cm³/mol. The molecular formula is C48H30N4. The second-order valence-corrected chi connectivity index (χ2v) is 13.4. The molecule has 0 atom stereocenters. The van der Waals surface area contributed by atoms with Gasteiger partial charge in [-0.15, -0.1) is 0 Å². The Morgan fingerprint density at radius 3 is 1.44 bits per heavy atom. The molecule has 52 heavy (non-hydrogen) atoms. The lowest BCUT2D eigenvalue weighted by molar-refractivity contribution is 1.17. The van der Waals surface area contributed by atoms with E-state index < -0.39 is 0 Å². The molecule has 0 saturated carbocycles. The van der Waals surface area contributed by atoms with Crippen LogP contribution in [0.5, 0.6) is 0 Å². The monoisotopic (exact) mass is 662 g/mol. The highest BCUT2D eigenvalue weighted by molar-refractivity contribution is 6.28. The zero-order valence-electron chi connectivity index (χ0n) is 28.1. The first-order chi connectivity index (χ1) is 25.8. The number of aromatic nitrogens is 4. The summed E-state index contributed by atoms with van der Waals surface area (Å²) in [7, 11) is 0. The summed E-state index contributed by atoms with van der Waals surface area (Å²) in [5.41, 5.74) is 12.6. The van der Waals surface area contributed by atoms with Crippen LogP contribution in [0, 0.1) is 0 Å². The maximum atomic E-state index is 5.21. The second-order valence-electron chi connectivity index (χ2n) is 13.4. The summed E-state index contributed by atoms with van der Waals surface area (Å²) in [4.78, 5) is 10.4. The van der Waals surface area contributed by atoms with Crippen molar-refractivity contribution in [1.82, 2.24) is 19.1 Å². The van der Waals surface area contributed by atoms with Crippen LogP contribution in [0.1, 0.15) is 0 Å². The van der Waals surface area contributed by atoms with Crippen molar-refractivity contribution in [3.63, 3.8) is 0 Å². The van der Waals surface area contributed by atoms with Gasteiger partial charge in [0.15, 0.2) is 0 Å². The maximum absolute atomic E-state index is 5.21. The molecule has 0 saturated heterocycles. The molecule has 0 aliphatic rings. The molecule has 0 aliphatic carbocycles. The molecule has 4 nitrogen and oxygen atoms in total. The van der Waals surface area contributed by atoms with Crippen molar-refractivity contribution in [3.05, 3.63) is 182 Å². The first-order valence-corrected chi connectivity index (χ1v) is 17.7. The SMILES string of the molecule is c1ccc(-n2c3ccccc3c3c4c5ccccc5n(-c5ccc(-c6nc7ccccc7nc6-c6ccc7ccccc7c6)cc5)c4ccc32)cc1. The van der Waals surface area contributed by atoms with Crippen molar-refractivity contribution in [1.29, 1.82) is 0 Å². The molecule has 0 N–H and O–H groups in total. The second kappa shape index (κ2) is 11.2. The van der Waals surface area contributed by atoms with Crippen LogP contribution in [-0.2, 0) is 0 Å². The lowest BCUT2D eigenvalue weighted by Crippen LogP contribution is -1.97. The average Bonchev–Trinajstić information content (AvgIpc) is 3.73. The Morgan fingerprint density at radius 2 is 0.808 bits per heavy atom. The molecular weight excluding hydrogens is 633 g/mol. The standard InChI is InChI=1S/C48H30N4/c1-2-14-35(15-3-1)51-41-20-10-6-16-37(41)45-43(51)28-29-44-46(45)38-17-7-11-21-42(38)52(44)36-26-24-32(25-27-36)47-48(50-40-19-9-8-18-39(40)49-47)34-23-22-31-12-4-5-13-33(31)30-34/h1-30H. The molecule has 242 valence electrons. The summed E-state index contributed by atoms with van der Waals surface area (Å²) in [6.45, 7) is 0. The van der Waals surface area contributed by atoms with E-state index in [0.29, 0.717) is 0 Å². The fourth-order valence-electron chi connectivity index (χ4n) is 8.16. The molecule has 3 heterocycles. The van der Waals surface area contributed by atoms with Gasteiger partial charge in [0.2, 0.25) is 0 Å². The van der Waals surface area contributed by atoms with E-state index in [1.165, 1.54) is 54.4 Å². The number of benzene rings is 8. The highest BCUT2D eigenvalue weighted by atomic mass is 15.0. The number of rotatable bonds is 4. The van der Waals surface area contributed by atoms with E-state index in [4.69, 9.17) is 9.97 Å². The maximum Gasteiger partial charge on any atom is 0.0973 e. The molecule has 8 aromatic carbocycles. The van der Waals surface area contributed by atoms with Gasteiger partial charge in [-0.1, -0.05) is 115 Å². The van der Waals surface area contributed by atoms with Gasteiger partial charge in [-0.2, -0.15) is 0 Å². The fraction of sp³-hybridized carbons (Fsp3) is 0. The molecule has 0 bridgehead atoms. The first kappa shape index (κ1) is 28.8. The largest absolute Gasteiger partial charge is 0.309 e. The third-order valence-electron chi connectivity index (χ3n) is 10.5. The Labute approximate surface area is 299 Å². The number of hydrogen-bond acceptors (Lipinski definition) is 2. The zero-order valence-corrected chi connectivity index (χ0v) is 28.1. The van der Waals surface area contributed by atoms with Crippen molar-refractivity contribution < 1.29 is 0 Å². The first-order valence-electron chi connectivity index (χ1n) is 17.7. The summed E-state index contributed by atoms with van der Waals surface area (Å²) in [5, 5.41) is 7.42. The summed E-state index contributed by atoms with van der Waals surface area (Å²) >= 11 is 0. The Bertz CT molecular complexity index is 3170. The molecule has 0 aliphatic heterocycles. The molecule has 0 radical (unpaired) electrons. The summed E-state index contributed by atoms with van der Waals surface area (Å²) in [6, 6.07) is 64.8. The van der Waals surface area contributed by atoms with Crippen LogP contribution in [0.3, 0.4) is 0 Å². The van der Waals surface area contributed by atoms with Crippen LogP contribution in [0.4, 0.5) is 0 Å². The van der Waals surface area contributed by atoms with Gasteiger partial charge in [0.05, 0.1) is 44.5 Å². The number of nitrogens with zero attached hydrogens (tertiary/aromatic N) is 4. The fourth-order valence-corrected chi connectivity index (χ4v) is 8.16. The topological polar surface area (TPSA) is 35.6 Å². The summed E-state index contributed by atoms with van der Waals surface area (Å²) in [5.74, 6) is 0. The van der Waals surface area contributed by atoms with E-state index in [2.05, 4.69) is 167 Å². The van der Waals surface area contributed by atoms with Crippen molar-refractivity contribution >= 4 is 65.4 Å². The number of para-hydroxylation sites is 5. The quantitative estimate of drug-likeness (QED) is 0.188. The van der Waals surface area contributed by atoms with Crippen molar-refractivity contribution in [3.8, 4) is 33.9 Å². The average molecular weight is 663 g/mol. The minimum atomic E-state index is 0.873. The number of fused-ring (bicyclic) bond motifs is 9. The zero-order chi connectivity index (χ0) is 34.2. The molecule has 3 aromatic heterocycles. The summed E-state index contributed by atoms with van der Waals surface area (Å²) in [6.07, 6.45) is 0. The lowest BCUT2D eigenvalue weighted by atomic mass is 10.0. The Balaban J connectivity index is 1.12. The molecule has 11 rings (SSSR count). The van der Waals surface area contributed by atoms with Crippen LogP contribution < -0.4 is 0 Å². The third kappa shape index (κ3) is 4.28. The third-order valence-corrected chi connectivity index (χ3v) is 10.5. The molecule has 0 spiro atoms. The minimum absolute atomic E-state index is 0.873. The van der Waals surface area contributed by atoms with Gasteiger partial charge in [-0.25, -0.2) is 9.97 Å². The smallest absolute Gasteiger partial charge is 0.0973 e. The molecule has 11 aromatic rings. The normalized spacial score (nSPS) is 11.8. The van der Waals surface area contributed by atoms with E-state index in [1.54, 1.807) is 0 Å². The van der Waals surface area contributed by atoms with Crippen molar-refractivity contribution in [2.24, 2.45) is 0 Å². The van der Waals surface area contributed by atoms with Gasteiger partial charge in [0, 0.05) is 44.0 Å². The Kier molecular flexibility index (Phi) is 6.22. The van der Waals surface area contributed by atoms with Crippen molar-refractivity contribution in [2.45, 2.75) is 0 Å². The van der Waals surface area contributed by atoms with Crippen LogP contribution in [-0.4, -0.2) is 19.1 Å². The van der Waals surface area contributed by atoms with Crippen LogP contribution >= 0.6 is 0 Å².